The highest BCUT2D eigenvalue weighted by Crippen LogP contribution is 2.30. The molecular weight excluding hydrogens is 344 g/mol. The number of ether oxygens (including phenoxy) is 1. The lowest BCUT2D eigenvalue weighted by Crippen LogP contribution is -2.33. The van der Waals surface area contributed by atoms with Gasteiger partial charge in [-0.05, 0) is 25.3 Å². The number of rotatable bonds is 5. The molecule has 1 aliphatic rings. The van der Waals surface area contributed by atoms with Gasteiger partial charge in [-0.1, -0.05) is 29.4 Å². The molecular formula is C20H20N4O3. The van der Waals surface area contributed by atoms with Crippen molar-refractivity contribution in [2.75, 3.05) is 6.61 Å². The molecule has 4 rings (SSSR count). The maximum absolute atomic E-state index is 12.0. The van der Waals surface area contributed by atoms with Crippen molar-refractivity contribution in [1.82, 2.24) is 20.4 Å². The monoisotopic (exact) mass is 364 g/mol. The average Bonchev–Trinajstić information content (AvgIpc) is 3.38. The van der Waals surface area contributed by atoms with E-state index in [0.717, 1.165) is 40.9 Å². The van der Waals surface area contributed by atoms with Gasteiger partial charge in [0.05, 0.1) is 17.0 Å². The Labute approximate surface area is 156 Å². The fourth-order valence-electron chi connectivity index (χ4n) is 3.10. The summed E-state index contributed by atoms with van der Waals surface area (Å²) in [5, 5.41) is 6.86. The van der Waals surface area contributed by atoms with E-state index < -0.39 is 0 Å². The zero-order valence-electron chi connectivity index (χ0n) is 15.0. The van der Waals surface area contributed by atoms with E-state index in [1.165, 1.54) is 6.33 Å². The van der Waals surface area contributed by atoms with Crippen molar-refractivity contribution >= 4 is 5.91 Å². The first-order valence-electron chi connectivity index (χ1n) is 8.93. The Kier molecular flexibility index (Phi) is 4.93. The van der Waals surface area contributed by atoms with Crippen LogP contribution in [-0.4, -0.2) is 33.7 Å². The second-order valence-electron chi connectivity index (χ2n) is 6.53. The minimum absolute atomic E-state index is 0.0460. The molecule has 1 fully saturated rings. The summed E-state index contributed by atoms with van der Waals surface area (Å²) in [6.07, 6.45) is 4.66. The van der Waals surface area contributed by atoms with Crippen LogP contribution in [0.15, 0.2) is 47.4 Å². The van der Waals surface area contributed by atoms with Crippen LogP contribution in [0.1, 0.15) is 24.1 Å². The number of aromatic nitrogens is 3. The van der Waals surface area contributed by atoms with Gasteiger partial charge in [-0.25, -0.2) is 9.97 Å². The molecule has 0 bridgehead atoms. The molecule has 1 unspecified atom stereocenters. The molecule has 1 amide bonds. The van der Waals surface area contributed by atoms with Crippen LogP contribution in [0.2, 0.25) is 0 Å². The Bertz CT molecular complexity index is 930. The molecule has 27 heavy (non-hydrogen) atoms. The van der Waals surface area contributed by atoms with E-state index in [0.29, 0.717) is 18.9 Å². The number of hydrogen-bond donors (Lipinski definition) is 1. The highest BCUT2D eigenvalue weighted by molar-refractivity contribution is 5.81. The summed E-state index contributed by atoms with van der Waals surface area (Å²) in [6.45, 7) is 3.01. The normalized spacial score (nSPS) is 16.4. The zero-order chi connectivity index (χ0) is 18.6. The molecule has 0 aliphatic carbocycles. The average molecular weight is 364 g/mol. The molecule has 3 heterocycles. The molecule has 1 N–H and O–H groups in total. The van der Waals surface area contributed by atoms with E-state index in [-0.39, 0.29) is 12.0 Å². The molecule has 2 aromatic heterocycles. The Balaban J connectivity index is 1.49. The Morgan fingerprint density at radius 3 is 2.85 bits per heavy atom. The summed E-state index contributed by atoms with van der Waals surface area (Å²) in [6, 6.07) is 9.76. The summed E-state index contributed by atoms with van der Waals surface area (Å²) in [5.41, 5.74) is 4.32. The third-order valence-electron chi connectivity index (χ3n) is 4.52. The van der Waals surface area contributed by atoms with Crippen molar-refractivity contribution < 1.29 is 14.1 Å². The van der Waals surface area contributed by atoms with E-state index in [9.17, 15) is 4.79 Å². The number of hydrogen-bond acceptors (Lipinski definition) is 6. The number of amides is 1. The van der Waals surface area contributed by atoms with E-state index in [1.807, 2.05) is 37.3 Å². The van der Waals surface area contributed by atoms with E-state index in [1.54, 1.807) is 6.20 Å². The van der Waals surface area contributed by atoms with Crippen LogP contribution < -0.4 is 5.32 Å². The summed E-state index contributed by atoms with van der Waals surface area (Å²) < 4.78 is 10.8. The fourth-order valence-corrected chi connectivity index (χ4v) is 3.10. The third-order valence-corrected chi connectivity index (χ3v) is 4.52. The molecule has 0 radical (unpaired) electrons. The van der Waals surface area contributed by atoms with Gasteiger partial charge in [0.15, 0.2) is 5.76 Å². The smallest absolute Gasteiger partial charge is 0.249 e. The Hall–Kier alpha value is -3.06. The Morgan fingerprint density at radius 1 is 1.30 bits per heavy atom. The molecule has 1 saturated heterocycles. The number of carbonyl (C=O) groups excluding carboxylic acids is 1. The van der Waals surface area contributed by atoms with Crippen LogP contribution in [-0.2, 0) is 16.1 Å². The lowest BCUT2D eigenvalue weighted by molar-refractivity contribution is -0.130. The van der Waals surface area contributed by atoms with Gasteiger partial charge < -0.3 is 14.6 Å². The van der Waals surface area contributed by atoms with Crippen LogP contribution in [0.5, 0.6) is 0 Å². The first-order valence-corrected chi connectivity index (χ1v) is 8.93. The van der Waals surface area contributed by atoms with Gasteiger partial charge in [0, 0.05) is 31.0 Å². The topological polar surface area (TPSA) is 90.1 Å². The number of nitrogens with zero attached hydrogens (tertiary/aromatic N) is 3. The highest BCUT2D eigenvalue weighted by atomic mass is 16.5. The molecule has 1 aliphatic heterocycles. The summed E-state index contributed by atoms with van der Waals surface area (Å²) in [7, 11) is 0. The summed E-state index contributed by atoms with van der Waals surface area (Å²) >= 11 is 0. The molecule has 138 valence electrons. The van der Waals surface area contributed by atoms with Gasteiger partial charge in [-0.2, -0.15) is 0 Å². The SMILES string of the molecule is Cc1cc(-c2cncnc2-c2ccc(CNC(=O)C3CCCO3)cc2)on1. The quantitative estimate of drug-likeness (QED) is 0.749. The summed E-state index contributed by atoms with van der Waals surface area (Å²) in [5.74, 6) is 0.589. The van der Waals surface area contributed by atoms with Crippen molar-refractivity contribution in [1.29, 1.82) is 0 Å². The molecule has 7 nitrogen and oxygen atoms in total. The minimum Gasteiger partial charge on any atom is -0.368 e. The van der Waals surface area contributed by atoms with E-state index in [2.05, 4.69) is 20.4 Å². The van der Waals surface area contributed by atoms with Gasteiger partial charge in [-0.3, -0.25) is 4.79 Å². The van der Waals surface area contributed by atoms with Crippen LogP contribution in [0.3, 0.4) is 0 Å². The van der Waals surface area contributed by atoms with Crippen molar-refractivity contribution in [3.05, 3.63) is 54.1 Å². The minimum atomic E-state index is -0.307. The van der Waals surface area contributed by atoms with Crippen LogP contribution >= 0.6 is 0 Å². The van der Waals surface area contributed by atoms with Crippen LogP contribution in [0, 0.1) is 6.92 Å². The summed E-state index contributed by atoms with van der Waals surface area (Å²) in [4.78, 5) is 20.5. The van der Waals surface area contributed by atoms with Crippen molar-refractivity contribution in [2.24, 2.45) is 0 Å². The van der Waals surface area contributed by atoms with Crippen LogP contribution in [0.4, 0.5) is 0 Å². The van der Waals surface area contributed by atoms with E-state index in [4.69, 9.17) is 9.26 Å². The van der Waals surface area contributed by atoms with Crippen LogP contribution in [0.25, 0.3) is 22.6 Å². The van der Waals surface area contributed by atoms with Gasteiger partial charge in [0.2, 0.25) is 5.91 Å². The second-order valence-corrected chi connectivity index (χ2v) is 6.53. The number of nitrogens with one attached hydrogen (secondary N) is 1. The lowest BCUT2D eigenvalue weighted by atomic mass is 10.0. The van der Waals surface area contributed by atoms with Gasteiger partial charge in [-0.15, -0.1) is 0 Å². The third kappa shape index (κ3) is 3.88. The lowest BCUT2D eigenvalue weighted by Gasteiger charge is -2.11. The first kappa shape index (κ1) is 17.4. The largest absolute Gasteiger partial charge is 0.368 e. The maximum Gasteiger partial charge on any atom is 0.249 e. The first-order chi connectivity index (χ1) is 13.2. The standard InChI is InChI=1S/C20H20N4O3/c1-13-9-18(27-24-13)16-11-21-12-23-19(16)15-6-4-14(5-7-15)10-22-20(25)17-3-2-8-26-17/h4-7,9,11-12,17H,2-3,8,10H2,1H3,(H,22,25). The second kappa shape index (κ2) is 7.67. The number of benzene rings is 1. The predicted octanol–water partition coefficient (Wildman–Crippen LogP) is 2.90. The van der Waals surface area contributed by atoms with Gasteiger partial charge >= 0.3 is 0 Å². The maximum atomic E-state index is 12.0. The molecule has 7 heteroatoms. The number of aryl methyl sites for hydroxylation is 1. The van der Waals surface area contributed by atoms with Gasteiger partial charge in [0.1, 0.15) is 12.4 Å². The fraction of sp³-hybridized carbons (Fsp3) is 0.300. The highest BCUT2D eigenvalue weighted by Gasteiger charge is 2.23. The molecule has 0 spiro atoms. The Morgan fingerprint density at radius 2 is 2.15 bits per heavy atom. The zero-order valence-corrected chi connectivity index (χ0v) is 15.0. The molecule has 1 aromatic carbocycles. The van der Waals surface area contributed by atoms with Gasteiger partial charge in [0.25, 0.3) is 0 Å². The predicted molar refractivity (Wildman–Crippen MR) is 98.5 cm³/mol. The van der Waals surface area contributed by atoms with Crippen molar-refractivity contribution in [2.45, 2.75) is 32.4 Å². The molecule has 0 saturated carbocycles. The van der Waals surface area contributed by atoms with Crippen molar-refractivity contribution in [3.63, 3.8) is 0 Å². The van der Waals surface area contributed by atoms with E-state index >= 15 is 0 Å². The number of carbonyl (C=O) groups is 1. The molecule has 1 atom stereocenters. The van der Waals surface area contributed by atoms with Crippen molar-refractivity contribution in [3.8, 4) is 22.6 Å². The molecule has 3 aromatic rings.